The molecule has 0 heterocycles. The number of methoxy groups -OCH3 is 1. The lowest BCUT2D eigenvalue weighted by Gasteiger charge is -2.28. The highest BCUT2D eigenvalue weighted by Crippen LogP contribution is 2.38. The van der Waals surface area contributed by atoms with Crippen LogP contribution in [-0.2, 0) is 9.53 Å². The maximum atomic E-state index is 12.9. The average molecular weight is 353 g/mol. The summed E-state index contributed by atoms with van der Waals surface area (Å²) in [6.45, 7) is 3.49. The second kappa shape index (κ2) is 5.97. The van der Waals surface area contributed by atoms with Crippen molar-refractivity contribution in [3.63, 3.8) is 0 Å². The van der Waals surface area contributed by atoms with Crippen LogP contribution in [0.15, 0.2) is 35.3 Å². The third-order valence-electron chi connectivity index (χ3n) is 2.71. The minimum Gasteiger partial charge on any atom is -0.467 e. The Balaban J connectivity index is 3.05. The highest BCUT2D eigenvalue weighted by Gasteiger charge is 2.60. The van der Waals surface area contributed by atoms with Crippen LogP contribution in [0.5, 0.6) is 0 Å². The molecule has 0 spiro atoms. The predicted octanol–water partition coefficient (Wildman–Crippen LogP) is 3.32. The van der Waals surface area contributed by atoms with Gasteiger partial charge < -0.3 is 9.84 Å². The summed E-state index contributed by atoms with van der Waals surface area (Å²) in [6.07, 6.45) is -6.15. The summed E-state index contributed by atoms with van der Waals surface area (Å²) >= 11 is 3.19. The van der Waals surface area contributed by atoms with E-state index in [2.05, 4.69) is 27.2 Å². The summed E-state index contributed by atoms with van der Waals surface area (Å²) in [5.41, 5.74) is -3.24. The number of hydrogen-bond donors (Lipinski definition) is 1. The topological polar surface area (TPSA) is 46.5 Å². The van der Waals surface area contributed by atoms with Crippen LogP contribution in [-0.4, -0.2) is 30.0 Å². The van der Waals surface area contributed by atoms with Crippen LogP contribution in [0, 0.1) is 0 Å². The van der Waals surface area contributed by atoms with Crippen molar-refractivity contribution >= 4 is 27.5 Å². The standard InChI is InChI=1S/C13H12BrF3O3/c1-8(9-3-5-10(14)6-4-9)7-12(19,11(18)20-2)13(15,16)17/h3-6,19H,1,7H2,2H3/t12-/m1/s1. The van der Waals surface area contributed by atoms with E-state index in [4.69, 9.17) is 0 Å². The minimum atomic E-state index is -5.15. The van der Waals surface area contributed by atoms with Crippen LogP contribution in [0.25, 0.3) is 5.57 Å². The highest BCUT2D eigenvalue weighted by molar-refractivity contribution is 9.10. The molecule has 0 unspecified atom stereocenters. The van der Waals surface area contributed by atoms with E-state index in [9.17, 15) is 23.1 Å². The smallest absolute Gasteiger partial charge is 0.428 e. The van der Waals surface area contributed by atoms with Crippen molar-refractivity contribution in [1.29, 1.82) is 0 Å². The van der Waals surface area contributed by atoms with Gasteiger partial charge >= 0.3 is 12.1 Å². The van der Waals surface area contributed by atoms with Gasteiger partial charge in [0.25, 0.3) is 5.60 Å². The van der Waals surface area contributed by atoms with Gasteiger partial charge in [-0.05, 0) is 23.3 Å². The molecule has 0 amide bonds. The summed E-state index contributed by atoms with van der Waals surface area (Å²) in [5, 5.41) is 9.63. The van der Waals surface area contributed by atoms with Crippen molar-refractivity contribution in [3.05, 3.63) is 40.9 Å². The Bertz CT molecular complexity index is 511. The fourth-order valence-corrected chi connectivity index (χ4v) is 1.82. The van der Waals surface area contributed by atoms with Crippen LogP contribution >= 0.6 is 15.9 Å². The van der Waals surface area contributed by atoms with Crippen molar-refractivity contribution in [2.45, 2.75) is 18.2 Å². The molecule has 1 N–H and O–H groups in total. The van der Waals surface area contributed by atoms with E-state index in [-0.39, 0.29) is 5.57 Å². The molecule has 1 rings (SSSR count). The first-order valence-electron chi connectivity index (χ1n) is 5.43. The van der Waals surface area contributed by atoms with Gasteiger partial charge in [0.15, 0.2) is 0 Å². The van der Waals surface area contributed by atoms with Crippen molar-refractivity contribution in [2.75, 3.05) is 7.11 Å². The summed E-state index contributed by atoms with van der Waals surface area (Å²) in [7, 11) is 0.779. The van der Waals surface area contributed by atoms with Gasteiger partial charge in [0, 0.05) is 10.9 Å². The van der Waals surface area contributed by atoms with Gasteiger partial charge in [-0.15, -0.1) is 0 Å². The van der Waals surface area contributed by atoms with Gasteiger partial charge in [-0.2, -0.15) is 13.2 Å². The first-order chi connectivity index (χ1) is 9.11. The molecule has 0 aliphatic heterocycles. The molecule has 0 bridgehead atoms. The zero-order valence-corrected chi connectivity index (χ0v) is 12.1. The van der Waals surface area contributed by atoms with Crippen LogP contribution < -0.4 is 0 Å². The van der Waals surface area contributed by atoms with Gasteiger partial charge in [0.1, 0.15) is 0 Å². The maximum absolute atomic E-state index is 12.9. The van der Waals surface area contributed by atoms with E-state index in [0.29, 0.717) is 5.56 Å². The second-order valence-electron chi connectivity index (χ2n) is 4.14. The molecule has 7 heteroatoms. The maximum Gasteiger partial charge on any atom is 0.428 e. The van der Waals surface area contributed by atoms with Gasteiger partial charge in [-0.1, -0.05) is 34.6 Å². The van der Waals surface area contributed by atoms with E-state index < -0.39 is 24.2 Å². The summed E-state index contributed by atoms with van der Waals surface area (Å²) < 4.78 is 43.4. The average Bonchev–Trinajstić information content (AvgIpc) is 2.36. The number of rotatable bonds is 4. The fraction of sp³-hybridized carbons (Fsp3) is 0.308. The molecule has 1 atom stereocenters. The van der Waals surface area contributed by atoms with Crippen molar-refractivity contribution < 1.29 is 27.8 Å². The van der Waals surface area contributed by atoms with Crippen LogP contribution in [0.4, 0.5) is 13.2 Å². The molecule has 1 aromatic rings. The highest BCUT2D eigenvalue weighted by atomic mass is 79.9. The number of esters is 1. The van der Waals surface area contributed by atoms with Crippen molar-refractivity contribution in [3.8, 4) is 0 Å². The molecular formula is C13H12BrF3O3. The summed E-state index contributed by atoms with van der Waals surface area (Å²) in [6, 6.07) is 6.29. The lowest BCUT2D eigenvalue weighted by Crippen LogP contribution is -2.52. The number of aliphatic hydroxyl groups is 1. The first-order valence-corrected chi connectivity index (χ1v) is 6.22. The summed E-state index contributed by atoms with van der Waals surface area (Å²) in [4.78, 5) is 11.3. The molecule has 110 valence electrons. The summed E-state index contributed by atoms with van der Waals surface area (Å²) in [5.74, 6) is -1.76. The van der Waals surface area contributed by atoms with Crippen LogP contribution in [0.1, 0.15) is 12.0 Å². The molecule has 1 aromatic carbocycles. The Hall–Kier alpha value is -1.34. The SMILES string of the molecule is C=C(C[C@@](O)(C(=O)OC)C(F)(F)F)c1ccc(Br)cc1. The molecule has 0 radical (unpaired) electrons. The molecule has 0 aliphatic rings. The van der Waals surface area contributed by atoms with Crippen LogP contribution in [0.2, 0.25) is 0 Å². The number of carbonyl (C=O) groups excluding carboxylic acids is 1. The Kier molecular flexibility index (Phi) is 4.99. The molecule has 0 fully saturated rings. The van der Waals surface area contributed by atoms with Gasteiger partial charge in [-0.25, -0.2) is 4.79 Å². The molecule has 0 saturated carbocycles. The molecule has 3 nitrogen and oxygen atoms in total. The molecule has 0 aliphatic carbocycles. The number of halogens is 4. The second-order valence-corrected chi connectivity index (χ2v) is 5.05. The molecule has 0 saturated heterocycles. The normalized spacial score (nSPS) is 14.5. The number of alkyl halides is 3. The number of carbonyl (C=O) groups is 1. The Labute approximate surface area is 122 Å². The van der Waals surface area contributed by atoms with Gasteiger partial charge in [-0.3, -0.25) is 0 Å². The monoisotopic (exact) mass is 352 g/mol. The zero-order valence-electron chi connectivity index (χ0n) is 10.5. The van der Waals surface area contributed by atoms with E-state index in [1.165, 1.54) is 12.1 Å². The Morgan fingerprint density at radius 2 is 1.85 bits per heavy atom. The van der Waals surface area contributed by atoms with E-state index in [0.717, 1.165) is 11.6 Å². The quantitative estimate of drug-likeness (QED) is 0.845. The molecule has 0 aromatic heterocycles. The third kappa shape index (κ3) is 3.40. The number of benzene rings is 1. The van der Waals surface area contributed by atoms with Crippen molar-refractivity contribution in [1.82, 2.24) is 0 Å². The largest absolute Gasteiger partial charge is 0.467 e. The van der Waals surface area contributed by atoms with E-state index >= 15 is 0 Å². The minimum absolute atomic E-state index is 0.0253. The van der Waals surface area contributed by atoms with E-state index in [1.54, 1.807) is 12.1 Å². The predicted molar refractivity (Wildman–Crippen MR) is 70.8 cm³/mol. The number of ether oxygens (including phenoxy) is 1. The van der Waals surface area contributed by atoms with Gasteiger partial charge in [0.2, 0.25) is 0 Å². The molecular weight excluding hydrogens is 341 g/mol. The third-order valence-corrected chi connectivity index (χ3v) is 3.24. The fourth-order valence-electron chi connectivity index (χ4n) is 1.55. The van der Waals surface area contributed by atoms with E-state index in [1.807, 2.05) is 0 Å². The Morgan fingerprint density at radius 3 is 2.25 bits per heavy atom. The van der Waals surface area contributed by atoms with Gasteiger partial charge in [0.05, 0.1) is 7.11 Å². The number of hydrogen-bond acceptors (Lipinski definition) is 3. The molecule has 20 heavy (non-hydrogen) atoms. The lowest BCUT2D eigenvalue weighted by atomic mass is 9.91. The van der Waals surface area contributed by atoms with Crippen molar-refractivity contribution in [2.24, 2.45) is 0 Å². The first kappa shape index (κ1) is 16.7. The Morgan fingerprint density at radius 1 is 1.35 bits per heavy atom. The zero-order chi connectivity index (χ0) is 15.6. The van der Waals surface area contributed by atoms with Crippen LogP contribution in [0.3, 0.4) is 0 Å². The lowest BCUT2D eigenvalue weighted by molar-refractivity contribution is -0.259.